The average Bonchev–Trinajstić information content (AvgIpc) is 3.87. The van der Waals surface area contributed by atoms with Crippen LogP contribution in [0, 0.1) is 0 Å². The molecule has 13 rings (SSSR count). The highest BCUT2D eigenvalue weighted by molar-refractivity contribution is 6.35. The van der Waals surface area contributed by atoms with Crippen molar-refractivity contribution in [1.29, 1.82) is 0 Å². The van der Waals surface area contributed by atoms with Crippen molar-refractivity contribution in [3.05, 3.63) is 150 Å². The van der Waals surface area contributed by atoms with Gasteiger partial charge in [-0.2, -0.15) is 9.13 Å². The van der Waals surface area contributed by atoms with E-state index >= 15 is 0 Å². The number of pyridine rings is 2. The first-order valence-corrected chi connectivity index (χ1v) is 18.6. The smallest absolute Gasteiger partial charge is 0.256 e. The van der Waals surface area contributed by atoms with Crippen molar-refractivity contribution in [2.75, 3.05) is 0 Å². The zero-order valence-electron chi connectivity index (χ0n) is 29.3. The fraction of sp³-hybridized carbons (Fsp3) is 0.167. The molecular formula is C48H35N3O+2. The molecule has 10 aromatic rings. The first-order chi connectivity index (χ1) is 25.4. The van der Waals surface area contributed by atoms with Crippen molar-refractivity contribution in [3.63, 3.8) is 0 Å². The molecule has 0 saturated heterocycles. The Balaban J connectivity index is 1.15. The van der Waals surface area contributed by atoms with Gasteiger partial charge in [0.05, 0.1) is 28.0 Å². The van der Waals surface area contributed by atoms with Crippen LogP contribution >= 0.6 is 0 Å². The lowest BCUT2D eigenvalue weighted by Crippen LogP contribution is -2.74. The van der Waals surface area contributed by atoms with Gasteiger partial charge in [-0.3, -0.25) is 0 Å². The second-order valence-electron chi connectivity index (χ2n) is 16.6. The zero-order valence-corrected chi connectivity index (χ0v) is 29.3. The summed E-state index contributed by atoms with van der Waals surface area (Å²) in [6, 6.07) is 46.0. The van der Waals surface area contributed by atoms with Gasteiger partial charge in [-0.15, -0.1) is 0 Å². The predicted molar refractivity (Wildman–Crippen MR) is 208 cm³/mol. The maximum atomic E-state index is 6.74. The third-order valence-corrected chi connectivity index (χ3v) is 13.2. The second-order valence-corrected chi connectivity index (χ2v) is 16.6. The first kappa shape index (κ1) is 27.7. The largest absolute Gasteiger partial charge is 0.456 e. The Morgan fingerprint density at radius 3 is 2.37 bits per heavy atom. The minimum atomic E-state index is -0.204. The summed E-state index contributed by atoms with van der Waals surface area (Å²) in [4.78, 5) is 0. The molecule has 2 aliphatic heterocycles. The van der Waals surface area contributed by atoms with Gasteiger partial charge < -0.3 is 8.82 Å². The van der Waals surface area contributed by atoms with Gasteiger partial charge in [-0.25, -0.2) is 0 Å². The average molecular weight is 670 g/mol. The molecule has 0 N–H and O–H groups in total. The highest BCUT2D eigenvalue weighted by Gasteiger charge is 2.74. The van der Waals surface area contributed by atoms with E-state index in [1.54, 1.807) is 0 Å². The summed E-state index contributed by atoms with van der Waals surface area (Å²) in [5.41, 5.74) is 15.1. The Labute approximate surface area is 300 Å². The lowest BCUT2D eigenvalue weighted by molar-refractivity contribution is -0.852. The molecule has 1 saturated carbocycles. The Morgan fingerprint density at radius 1 is 0.654 bits per heavy atom. The number of rotatable bonds is 0. The molecule has 7 heterocycles. The van der Waals surface area contributed by atoms with Gasteiger partial charge in [0.1, 0.15) is 11.2 Å². The van der Waals surface area contributed by atoms with Gasteiger partial charge in [0.15, 0.2) is 12.4 Å². The number of nitrogens with zero attached hydrogens (tertiary/aromatic N) is 3. The molecule has 0 radical (unpaired) electrons. The number of hydrogen-bond donors (Lipinski definition) is 0. The first-order valence-electron chi connectivity index (χ1n) is 18.6. The topological polar surface area (TPSA) is 25.3 Å². The van der Waals surface area contributed by atoms with Crippen molar-refractivity contribution < 1.29 is 13.6 Å². The van der Waals surface area contributed by atoms with Crippen LogP contribution in [0.4, 0.5) is 0 Å². The SMILES string of the molecule is CC(C)(C)c1ccc2oc3cc4c5cc6c(cc5n5c7ccccc7c(c3c2c1)c45)C1(CC2c3ccccc3-c3cccc[n+]3C21)[n+]1ccccc1-6. The van der Waals surface area contributed by atoms with Gasteiger partial charge >= 0.3 is 0 Å². The molecule has 4 nitrogen and oxygen atoms in total. The standard InChI is InChI=1S/C48H35N3O/c1-47(2,3)27-18-19-41-34(22-27)43-42(52-41)24-32-31-23-33-36(25-40(31)51-39-17-7-6-14-30(39)44(43)45(32)51)48(50-21-11-9-16-38(33)50)26-35-28-12-4-5-13-29(28)37-15-8-10-20-49(37)46(35)48/h4-25,35,46H,26H2,1-3H3/q+2. The summed E-state index contributed by atoms with van der Waals surface area (Å²) in [7, 11) is 0. The molecule has 3 unspecified atom stereocenters. The Morgan fingerprint density at radius 2 is 1.46 bits per heavy atom. The van der Waals surface area contributed by atoms with Crippen LogP contribution in [-0.4, -0.2) is 4.40 Å². The van der Waals surface area contributed by atoms with E-state index in [2.05, 4.69) is 168 Å². The highest BCUT2D eigenvalue weighted by Crippen LogP contribution is 2.63. The molecule has 5 aromatic heterocycles. The zero-order chi connectivity index (χ0) is 34.2. The molecule has 246 valence electrons. The fourth-order valence-electron chi connectivity index (χ4n) is 11.0. The van der Waals surface area contributed by atoms with E-state index in [0.717, 1.165) is 17.6 Å². The fourth-order valence-corrected chi connectivity index (χ4v) is 11.0. The summed E-state index contributed by atoms with van der Waals surface area (Å²) >= 11 is 0. The summed E-state index contributed by atoms with van der Waals surface area (Å²) in [6.07, 6.45) is 5.72. The number of benzene rings is 5. The normalized spacial score (nSPS) is 20.2. The monoisotopic (exact) mass is 669 g/mol. The Bertz CT molecular complexity index is 3230. The minimum absolute atomic E-state index is 0.0413. The van der Waals surface area contributed by atoms with E-state index in [4.69, 9.17) is 4.42 Å². The van der Waals surface area contributed by atoms with Gasteiger partial charge in [0, 0.05) is 74.1 Å². The molecule has 0 amide bonds. The molecule has 1 aliphatic carbocycles. The summed E-state index contributed by atoms with van der Waals surface area (Å²) in [6.45, 7) is 6.87. The molecule has 1 spiro atoms. The minimum Gasteiger partial charge on any atom is -0.456 e. The van der Waals surface area contributed by atoms with E-state index in [-0.39, 0.29) is 17.0 Å². The number of furan rings is 1. The van der Waals surface area contributed by atoms with Crippen LogP contribution in [0.3, 0.4) is 0 Å². The van der Waals surface area contributed by atoms with Crippen molar-refractivity contribution in [3.8, 4) is 22.5 Å². The lowest BCUT2D eigenvalue weighted by atomic mass is 9.56. The van der Waals surface area contributed by atoms with Crippen molar-refractivity contribution in [1.82, 2.24) is 4.40 Å². The van der Waals surface area contributed by atoms with E-state index < -0.39 is 0 Å². The van der Waals surface area contributed by atoms with Gasteiger partial charge in [-0.1, -0.05) is 63.2 Å². The third-order valence-electron chi connectivity index (χ3n) is 13.2. The molecule has 52 heavy (non-hydrogen) atoms. The molecule has 4 heteroatoms. The summed E-state index contributed by atoms with van der Waals surface area (Å²) < 4.78 is 14.5. The summed E-state index contributed by atoms with van der Waals surface area (Å²) in [5, 5.41) is 7.55. The molecule has 3 aliphatic rings. The van der Waals surface area contributed by atoms with Crippen LogP contribution in [0.15, 0.2) is 138 Å². The lowest BCUT2D eigenvalue weighted by Gasteiger charge is -2.47. The van der Waals surface area contributed by atoms with E-state index in [0.29, 0.717) is 5.92 Å². The Kier molecular flexibility index (Phi) is 4.73. The number of fused-ring (bicyclic) bond motifs is 22. The van der Waals surface area contributed by atoms with Gasteiger partial charge in [0.2, 0.25) is 17.4 Å². The maximum absolute atomic E-state index is 6.74. The Hall–Kier alpha value is -6.00. The quantitative estimate of drug-likeness (QED) is 0.148. The van der Waals surface area contributed by atoms with Crippen molar-refractivity contribution >= 4 is 60.0 Å². The van der Waals surface area contributed by atoms with Crippen LogP contribution < -0.4 is 9.13 Å². The van der Waals surface area contributed by atoms with Crippen LogP contribution in [0.2, 0.25) is 0 Å². The van der Waals surface area contributed by atoms with Crippen LogP contribution in [0.25, 0.3) is 82.5 Å². The van der Waals surface area contributed by atoms with Crippen LogP contribution in [0.1, 0.15) is 55.8 Å². The summed E-state index contributed by atoms with van der Waals surface area (Å²) in [5.74, 6) is 0.436. The molecule has 5 aromatic carbocycles. The van der Waals surface area contributed by atoms with Crippen molar-refractivity contribution in [2.24, 2.45) is 0 Å². The van der Waals surface area contributed by atoms with E-state index in [1.165, 1.54) is 88.1 Å². The molecule has 1 fully saturated rings. The molecular weight excluding hydrogens is 635 g/mol. The third kappa shape index (κ3) is 3.02. The van der Waals surface area contributed by atoms with Gasteiger partial charge in [0.25, 0.3) is 5.54 Å². The number of aromatic nitrogens is 3. The van der Waals surface area contributed by atoms with Crippen molar-refractivity contribution in [2.45, 2.75) is 50.1 Å². The van der Waals surface area contributed by atoms with E-state index in [9.17, 15) is 0 Å². The number of hydrogen-bond acceptors (Lipinski definition) is 1. The predicted octanol–water partition coefficient (Wildman–Crippen LogP) is 10.7. The van der Waals surface area contributed by atoms with E-state index in [1.807, 2.05) is 0 Å². The number of para-hydroxylation sites is 1. The van der Waals surface area contributed by atoms with Crippen LogP contribution in [-0.2, 0) is 11.0 Å². The highest BCUT2D eigenvalue weighted by atomic mass is 16.3. The molecule has 0 bridgehead atoms. The van der Waals surface area contributed by atoms with Crippen LogP contribution in [0.5, 0.6) is 0 Å². The van der Waals surface area contributed by atoms with Gasteiger partial charge in [-0.05, 0) is 71.1 Å². The molecule has 3 atom stereocenters. The maximum Gasteiger partial charge on any atom is 0.256 e. The second kappa shape index (κ2) is 8.89.